The first-order chi connectivity index (χ1) is 8.21. The van der Waals surface area contributed by atoms with Crippen molar-refractivity contribution in [1.29, 1.82) is 0 Å². The molecule has 0 aliphatic carbocycles. The second-order valence-corrected chi connectivity index (χ2v) is 6.89. The lowest BCUT2D eigenvalue weighted by Gasteiger charge is -2.19. The van der Waals surface area contributed by atoms with Crippen molar-refractivity contribution in [2.24, 2.45) is 5.92 Å². The summed E-state index contributed by atoms with van der Waals surface area (Å²) in [4.78, 5) is 13.9. The number of nitrogens with zero attached hydrogens (tertiary/aromatic N) is 1. The first-order valence-corrected chi connectivity index (χ1v) is 7.66. The van der Waals surface area contributed by atoms with Crippen LogP contribution in [0.25, 0.3) is 0 Å². The molecular weight excluding hydrogens is 250 g/mol. The van der Waals surface area contributed by atoms with Crippen molar-refractivity contribution in [3.8, 4) is 0 Å². The SMILES string of the molecule is CC(C)CN(C)C(=O)c1ccc(S(C)(=O)=O)cc1. The first-order valence-electron chi connectivity index (χ1n) is 5.77. The Hall–Kier alpha value is -1.36. The van der Waals surface area contributed by atoms with Crippen LogP contribution in [0.15, 0.2) is 29.2 Å². The van der Waals surface area contributed by atoms with Gasteiger partial charge in [-0.3, -0.25) is 4.79 Å². The maximum absolute atomic E-state index is 12.0. The predicted octanol–water partition coefficient (Wildman–Crippen LogP) is 1.82. The Kier molecular flexibility index (Phi) is 4.51. The van der Waals surface area contributed by atoms with Gasteiger partial charge in [0, 0.05) is 25.4 Å². The molecule has 0 bridgehead atoms. The molecule has 0 saturated carbocycles. The quantitative estimate of drug-likeness (QED) is 0.837. The standard InChI is InChI=1S/C13H19NO3S/c1-10(2)9-14(3)13(15)11-5-7-12(8-6-11)18(4,16)17/h5-8,10H,9H2,1-4H3. The van der Waals surface area contributed by atoms with E-state index in [4.69, 9.17) is 0 Å². The maximum Gasteiger partial charge on any atom is 0.253 e. The van der Waals surface area contributed by atoms with Gasteiger partial charge in [-0.2, -0.15) is 0 Å². The highest BCUT2D eigenvalue weighted by molar-refractivity contribution is 7.90. The van der Waals surface area contributed by atoms with Crippen molar-refractivity contribution in [3.63, 3.8) is 0 Å². The van der Waals surface area contributed by atoms with Crippen LogP contribution in [0.4, 0.5) is 0 Å². The van der Waals surface area contributed by atoms with E-state index in [1.165, 1.54) is 12.1 Å². The molecule has 0 atom stereocenters. The highest BCUT2D eigenvalue weighted by Gasteiger charge is 2.14. The van der Waals surface area contributed by atoms with Crippen molar-refractivity contribution < 1.29 is 13.2 Å². The number of carbonyl (C=O) groups excluding carboxylic acids is 1. The van der Waals surface area contributed by atoms with Crippen LogP contribution in [0, 0.1) is 5.92 Å². The molecule has 0 fully saturated rings. The van der Waals surface area contributed by atoms with E-state index in [2.05, 4.69) is 0 Å². The lowest BCUT2D eigenvalue weighted by molar-refractivity contribution is 0.0779. The van der Waals surface area contributed by atoms with E-state index in [0.717, 1.165) is 6.26 Å². The van der Waals surface area contributed by atoms with Crippen molar-refractivity contribution in [2.45, 2.75) is 18.7 Å². The zero-order chi connectivity index (χ0) is 13.9. The van der Waals surface area contributed by atoms with Crippen molar-refractivity contribution in [2.75, 3.05) is 19.8 Å². The predicted molar refractivity (Wildman–Crippen MR) is 71.4 cm³/mol. The Balaban J connectivity index is 2.89. The van der Waals surface area contributed by atoms with Gasteiger partial charge in [0.25, 0.3) is 5.91 Å². The van der Waals surface area contributed by atoms with Crippen LogP contribution in [0.2, 0.25) is 0 Å². The molecule has 5 heteroatoms. The van der Waals surface area contributed by atoms with Crippen molar-refractivity contribution in [3.05, 3.63) is 29.8 Å². The molecule has 0 unspecified atom stereocenters. The van der Waals surface area contributed by atoms with E-state index >= 15 is 0 Å². The number of benzene rings is 1. The zero-order valence-corrected chi connectivity index (χ0v) is 12.0. The van der Waals surface area contributed by atoms with Gasteiger partial charge in [0.05, 0.1) is 4.90 Å². The second kappa shape index (κ2) is 5.52. The van der Waals surface area contributed by atoms with Crippen LogP contribution >= 0.6 is 0 Å². The summed E-state index contributed by atoms with van der Waals surface area (Å²) in [7, 11) is -1.47. The second-order valence-electron chi connectivity index (χ2n) is 4.88. The monoisotopic (exact) mass is 269 g/mol. The molecule has 0 N–H and O–H groups in total. The molecule has 0 aliphatic rings. The average molecular weight is 269 g/mol. The lowest BCUT2D eigenvalue weighted by Crippen LogP contribution is -2.30. The third kappa shape index (κ3) is 3.84. The summed E-state index contributed by atoms with van der Waals surface area (Å²) in [6.07, 6.45) is 1.15. The van der Waals surface area contributed by atoms with E-state index in [1.807, 2.05) is 13.8 Å². The van der Waals surface area contributed by atoms with Gasteiger partial charge in [0.15, 0.2) is 9.84 Å². The van der Waals surface area contributed by atoms with Gasteiger partial charge in [0.1, 0.15) is 0 Å². The van der Waals surface area contributed by atoms with Crippen LogP contribution in [0.1, 0.15) is 24.2 Å². The van der Waals surface area contributed by atoms with Gasteiger partial charge in [0.2, 0.25) is 0 Å². The molecule has 1 rings (SSSR count). The van der Waals surface area contributed by atoms with E-state index in [1.54, 1.807) is 24.1 Å². The van der Waals surface area contributed by atoms with Crippen LogP contribution in [-0.4, -0.2) is 39.1 Å². The van der Waals surface area contributed by atoms with Gasteiger partial charge in [-0.15, -0.1) is 0 Å². The number of sulfone groups is 1. The van der Waals surface area contributed by atoms with E-state index in [-0.39, 0.29) is 10.8 Å². The van der Waals surface area contributed by atoms with Gasteiger partial charge >= 0.3 is 0 Å². The number of amides is 1. The molecule has 1 aromatic carbocycles. The Bertz CT molecular complexity index is 518. The van der Waals surface area contributed by atoms with E-state index in [9.17, 15) is 13.2 Å². The van der Waals surface area contributed by atoms with Crippen molar-refractivity contribution in [1.82, 2.24) is 4.90 Å². The molecule has 0 aliphatic heterocycles. The summed E-state index contributed by atoms with van der Waals surface area (Å²) in [5.41, 5.74) is 0.505. The van der Waals surface area contributed by atoms with E-state index < -0.39 is 9.84 Å². The molecule has 0 radical (unpaired) electrons. The Labute approximate surface area is 109 Å². The molecule has 0 spiro atoms. The van der Waals surface area contributed by atoms with Gasteiger partial charge in [-0.1, -0.05) is 13.8 Å². The fraction of sp³-hybridized carbons (Fsp3) is 0.462. The maximum atomic E-state index is 12.0. The fourth-order valence-electron chi connectivity index (χ4n) is 1.70. The average Bonchev–Trinajstić information content (AvgIpc) is 2.26. The molecule has 0 aromatic heterocycles. The summed E-state index contributed by atoms with van der Waals surface area (Å²) in [6.45, 7) is 4.75. The molecule has 18 heavy (non-hydrogen) atoms. The topological polar surface area (TPSA) is 54.5 Å². The van der Waals surface area contributed by atoms with Crippen LogP contribution in [-0.2, 0) is 9.84 Å². The third-order valence-corrected chi connectivity index (χ3v) is 3.64. The molecule has 0 heterocycles. The highest BCUT2D eigenvalue weighted by atomic mass is 32.2. The Morgan fingerprint density at radius 2 is 1.72 bits per heavy atom. The van der Waals surface area contributed by atoms with E-state index in [0.29, 0.717) is 18.0 Å². The minimum atomic E-state index is -3.21. The molecule has 100 valence electrons. The molecule has 4 nitrogen and oxygen atoms in total. The fourth-order valence-corrected chi connectivity index (χ4v) is 2.33. The third-order valence-electron chi connectivity index (χ3n) is 2.52. The molecule has 0 saturated heterocycles. The number of hydrogen-bond donors (Lipinski definition) is 0. The summed E-state index contributed by atoms with van der Waals surface area (Å²) < 4.78 is 22.6. The molecular formula is C13H19NO3S. The lowest BCUT2D eigenvalue weighted by atomic mass is 10.1. The number of rotatable bonds is 4. The van der Waals surface area contributed by atoms with Crippen LogP contribution < -0.4 is 0 Å². The van der Waals surface area contributed by atoms with Crippen molar-refractivity contribution >= 4 is 15.7 Å². The largest absolute Gasteiger partial charge is 0.341 e. The summed E-state index contributed by atoms with van der Waals surface area (Å²) in [5, 5.41) is 0. The normalized spacial score (nSPS) is 11.6. The summed E-state index contributed by atoms with van der Waals surface area (Å²) >= 11 is 0. The van der Waals surface area contributed by atoms with Crippen LogP contribution in [0.5, 0.6) is 0 Å². The zero-order valence-electron chi connectivity index (χ0n) is 11.2. The number of hydrogen-bond acceptors (Lipinski definition) is 3. The minimum Gasteiger partial charge on any atom is -0.341 e. The molecule has 1 aromatic rings. The van der Waals surface area contributed by atoms with Gasteiger partial charge in [-0.05, 0) is 30.2 Å². The first kappa shape index (κ1) is 14.7. The molecule has 1 amide bonds. The Morgan fingerprint density at radius 1 is 1.22 bits per heavy atom. The number of carbonyl (C=O) groups is 1. The summed E-state index contributed by atoms with van der Waals surface area (Å²) in [5.74, 6) is 0.304. The van der Waals surface area contributed by atoms with Gasteiger partial charge < -0.3 is 4.90 Å². The highest BCUT2D eigenvalue weighted by Crippen LogP contribution is 2.12. The van der Waals surface area contributed by atoms with Gasteiger partial charge in [-0.25, -0.2) is 8.42 Å². The summed E-state index contributed by atoms with van der Waals surface area (Å²) in [6, 6.07) is 6.03. The minimum absolute atomic E-state index is 0.0937. The van der Waals surface area contributed by atoms with Crippen LogP contribution in [0.3, 0.4) is 0 Å². The Morgan fingerprint density at radius 3 is 2.11 bits per heavy atom. The smallest absolute Gasteiger partial charge is 0.253 e.